The maximum Gasteiger partial charge on any atom is 0.110 e. The van der Waals surface area contributed by atoms with Gasteiger partial charge in [0.15, 0.2) is 0 Å². The first kappa shape index (κ1) is 13.4. The lowest BCUT2D eigenvalue weighted by Gasteiger charge is -2.19. The van der Waals surface area contributed by atoms with Crippen LogP contribution in [0.15, 0.2) is 30.6 Å². The van der Waals surface area contributed by atoms with Crippen LogP contribution in [0.1, 0.15) is 41.9 Å². The molecule has 1 heterocycles. The molecule has 1 N–H and O–H groups in total. The van der Waals surface area contributed by atoms with Crippen molar-refractivity contribution in [3.05, 3.63) is 53.1 Å². The molecular weight excluding hydrogens is 246 g/mol. The molecule has 3 heteroatoms. The highest BCUT2D eigenvalue weighted by Gasteiger charge is 2.17. The minimum Gasteiger partial charge on any atom is -0.338 e. The Morgan fingerprint density at radius 2 is 2.15 bits per heavy atom. The fourth-order valence-electron chi connectivity index (χ4n) is 3.14. The predicted molar refractivity (Wildman–Crippen MR) is 81.8 cm³/mol. The maximum absolute atomic E-state index is 4.46. The number of hydrogen-bond donors (Lipinski definition) is 1. The van der Waals surface area contributed by atoms with Crippen molar-refractivity contribution in [2.75, 3.05) is 6.54 Å². The number of hydrogen-bond acceptors (Lipinski definition) is 2. The largest absolute Gasteiger partial charge is 0.338 e. The van der Waals surface area contributed by atoms with Crippen LogP contribution in [0.3, 0.4) is 0 Å². The minimum absolute atomic E-state index is 0.354. The second-order valence-corrected chi connectivity index (χ2v) is 5.65. The van der Waals surface area contributed by atoms with Gasteiger partial charge in [-0.15, -0.1) is 0 Å². The van der Waals surface area contributed by atoms with Crippen LogP contribution in [-0.2, 0) is 26.3 Å². The monoisotopic (exact) mass is 269 g/mol. The van der Waals surface area contributed by atoms with Gasteiger partial charge in [-0.05, 0) is 42.5 Å². The molecule has 1 aromatic carbocycles. The van der Waals surface area contributed by atoms with Gasteiger partial charge in [0.05, 0.1) is 0 Å². The molecule has 0 fully saturated rings. The summed E-state index contributed by atoms with van der Waals surface area (Å²) in [4.78, 5) is 4.46. The molecule has 3 nitrogen and oxygen atoms in total. The molecular formula is C17H23N3. The molecule has 1 aliphatic rings. The lowest BCUT2D eigenvalue weighted by Crippen LogP contribution is -2.24. The van der Waals surface area contributed by atoms with E-state index in [1.807, 2.05) is 12.4 Å². The fourth-order valence-corrected chi connectivity index (χ4v) is 3.14. The second-order valence-electron chi connectivity index (χ2n) is 5.65. The van der Waals surface area contributed by atoms with E-state index in [0.29, 0.717) is 6.04 Å². The molecule has 1 aliphatic carbocycles. The fraction of sp³-hybridized carbons (Fsp3) is 0.471. The number of rotatable bonds is 5. The van der Waals surface area contributed by atoms with Gasteiger partial charge in [0.1, 0.15) is 5.82 Å². The van der Waals surface area contributed by atoms with Gasteiger partial charge in [0.25, 0.3) is 0 Å². The molecule has 0 bridgehead atoms. The van der Waals surface area contributed by atoms with Crippen molar-refractivity contribution in [2.45, 2.75) is 38.6 Å². The first-order valence-corrected chi connectivity index (χ1v) is 7.59. The number of aromatic nitrogens is 2. The van der Waals surface area contributed by atoms with Crippen LogP contribution in [0.4, 0.5) is 0 Å². The summed E-state index contributed by atoms with van der Waals surface area (Å²) in [5, 5.41) is 3.60. The molecule has 0 amide bonds. The number of fused-ring (bicyclic) bond motifs is 1. The normalized spacial score (nSPS) is 15.3. The predicted octanol–water partition coefficient (Wildman–Crippen LogP) is 2.80. The van der Waals surface area contributed by atoms with Crippen molar-refractivity contribution < 1.29 is 0 Å². The zero-order valence-corrected chi connectivity index (χ0v) is 12.4. The molecule has 0 radical (unpaired) electrons. The third-order valence-electron chi connectivity index (χ3n) is 4.28. The summed E-state index contributed by atoms with van der Waals surface area (Å²) in [6.45, 7) is 3.14. The molecule has 1 unspecified atom stereocenters. The van der Waals surface area contributed by atoms with E-state index < -0.39 is 0 Å². The Balaban J connectivity index is 1.84. The molecule has 0 saturated heterocycles. The summed E-state index contributed by atoms with van der Waals surface area (Å²) in [5.41, 5.74) is 4.49. The number of nitrogens with one attached hydrogen (secondary N) is 1. The zero-order valence-electron chi connectivity index (χ0n) is 12.4. The highest BCUT2D eigenvalue weighted by molar-refractivity contribution is 5.36. The smallest absolute Gasteiger partial charge is 0.110 e. The SMILES string of the molecule is CCNC(Cc1nccn1C)c1ccc2c(c1)CCC2. The van der Waals surface area contributed by atoms with E-state index >= 15 is 0 Å². The summed E-state index contributed by atoms with van der Waals surface area (Å²) < 4.78 is 2.11. The molecule has 0 spiro atoms. The first-order valence-electron chi connectivity index (χ1n) is 7.59. The van der Waals surface area contributed by atoms with E-state index in [4.69, 9.17) is 0 Å². The van der Waals surface area contributed by atoms with Crippen molar-refractivity contribution in [3.8, 4) is 0 Å². The standard InChI is InChI=1S/C17H23N3/c1-3-18-16(12-17-19-9-10-20(17)2)15-8-7-13-5-4-6-14(13)11-15/h7-11,16,18H,3-6,12H2,1-2H3. The second kappa shape index (κ2) is 5.80. The first-order chi connectivity index (χ1) is 9.78. The number of imidazole rings is 1. The molecule has 20 heavy (non-hydrogen) atoms. The summed E-state index contributed by atoms with van der Waals surface area (Å²) in [6, 6.07) is 7.37. The van der Waals surface area contributed by atoms with Crippen LogP contribution < -0.4 is 5.32 Å². The number of nitrogens with zero attached hydrogens (tertiary/aromatic N) is 2. The zero-order chi connectivity index (χ0) is 13.9. The summed E-state index contributed by atoms with van der Waals surface area (Å²) in [6.07, 6.45) is 8.63. The van der Waals surface area contributed by atoms with Gasteiger partial charge in [-0.3, -0.25) is 0 Å². The van der Waals surface area contributed by atoms with Gasteiger partial charge in [0, 0.05) is 31.9 Å². The summed E-state index contributed by atoms with van der Waals surface area (Å²) >= 11 is 0. The van der Waals surface area contributed by atoms with E-state index in [1.165, 1.54) is 24.8 Å². The molecule has 3 rings (SSSR count). The minimum atomic E-state index is 0.354. The van der Waals surface area contributed by atoms with E-state index in [-0.39, 0.29) is 0 Å². The van der Waals surface area contributed by atoms with Crippen molar-refractivity contribution in [2.24, 2.45) is 7.05 Å². The molecule has 106 valence electrons. The lowest BCUT2D eigenvalue weighted by atomic mass is 9.98. The molecule has 1 atom stereocenters. The van der Waals surface area contributed by atoms with Crippen molar-refractivity contribution in [1.82, 2.24) is 14.9 Å². The van der Waals surface area contributed by atoms with Crippen LogP contribution in [0.2, 0.25) is 0 Å². The van der Waals surface area contributed by atoms with Crippen molar-refractivity contribution in [1.29, 1.82) is 0 Å². The molecule has 1 aromatic heterocycles. The van der Waals surface area contributed by atoms with Gasteiger partial charge in [-0.25, -0.2) is 4.98 Å². The van der Waals surface area contributed by atoms with Gasteiger partial charge >= 0.3 is 0 Å². The summed E-state index contributed by atoms with van der Waals surface area (Å²) in [5.74, 6) is 1.14. The quantitative estimate of drug-likeness (QED) is 0.904. The van der Waals surface area contributed by atoms with Crippen LogP contribution in [0.5, 0.6) is 0 Å². The molecule has 2 aromatic rings. The Kier molecular flexibility index (Phi) is 3.88. The highest BCUT2D eigenvalue weighted by atomic mass is 15.0. The Morgan fingerprint density at radius 1 is 1.30 bits per heavy atom. The van der Waals surface area contributed by atoms with E-state index in [1.54, 1.807) is 11.1 Å². The number of benzene rings is 1. The summed E-state index contributed by atoms with van der Waals surface area (Å²) in [7, 11) is 2.06. The van der Waals surface area contributed by atoms with Crippen LogP contribution >= 0.6 is 0 Å². The van der Waals surface area contributed by atoms with Crippen molar-refractivity contribution in [3.63, 3.8) is 0 Å². The van der Waals surface area contributed by atoms with E-state index in [0.717, 1.165) is 18.8 Å². The van der Waals surface area contributed by atoms with E-state index in [9.17, 15) is 0 Å². The van der Waals surface area contributed by atoms with E-state index in [2.05, 4.69) is 47.0 Å². The maximum atomic E-state index is 4.46. The molecule has 0 aliphatic heterocycles. The van der Waals surface area contributed by atoms with Crippen molar-refractivity contribution >= 4 is 0 Å². The average Bonchev–Trinajstić information content (AvgIpc) is 3.06. The molecule has 0 saturated carbocycles. The van der Waals surface area contributed by atoms with Gasteiger partial charge in [-0.2, -0.15) is 0 Å². The number of aryl methyl sites for hydroxylation is 3. The van der Waals surface area contributed by atoms with Crippen LogP contribution in [0, 0.1) is 0 Å². The van der Waals surface area contributed by atoms with Crippen LogP contribution in [0.25, 0.3) is 0 Å². The lowest BCUT2D eigenvalue weighted by molar-refractivity contribution is 0.528. The third kappa shape index (κ3) is 2.63. The Morgan fingerprint density at radius 3 is 2.90 bits per heavy atom. The Bertz CT molecular complexity index is 586. The topological polar surface area (TPSA) is 29.9 Å². The van der Waals surface area contributed by atoms with Gasteiger partial charge in [0.2, 0.25) is 0 Å². The van der Waals surface area contributed by atoms with Gasteiger partial charge < -0.3 is 9.88 Å². The Hall–Kier alpha value is -1.61. The third-order valence-corrected chi connectivity index (χ3v) is 4.28. The van der Waals surface area contributed by atoms with Crippen LogP contribution in [-0.4, -0.2) is 16.1 Å². The number of likely N-dealkylation sites (N-methyl/N-ethyl adjacent to an activating group) is 1. The Labute approximate surface area is 121 Å². The van der Waals surface area contributed by atoms with Gasteiger partial charge in [-0.1, -0.05) is 25.1 Å². The average molecular weight is 269 g/mol. The highest BCUT2D eigenvalue weighted by Crippen LogP contribution is 2.26.